The highest BCUT2D eigenvalue weighted by atomic mass is 16.5. The number of para-hydroxylation sites is 1. The second-order valence-corrected chi connectivity index (χ2v) is 7.90. The van der Waals surface area contributed by atoms with Crippen molar-refractivity contribution in [2.45, 2.75) is 19.5 Å². The van der Waals surface area contributed by atoms with E-state index in [-0.39, 0.29) is 18.4 Å². The molecule has 0 aliphatic heterocycles. The Morgan fingerprint density at radius 2 is 1.89 bits per heavy atom. The van der Waals surface area contributed by atoms with Gasteiger partial charge in [0.05, 0.1) is 18.7 Å². The number of methoxy groups -OCH3 is 1. The molecule has 186 valence electrons. The molecule has 4 rings (SSSR count). The van der Waals surface area contributed by atoms with Crippen molar-refractivity contribution in [3.8, 4) is 5.75 Å². The lowest BCUT2D eigenvalue weighted by molar-refractivity contribution is -0.127. The van der Waals surface area contributed by atoms with E-state index in [9.17, 15) is 9.59 Å². The first-order chi connectivity index (χ1) is 17.6. The van der Waals surface area contributed by atoms with Crippen LogP contribution in [-0.2, 0) is 20.9 Å². The van der Waals surface area contributed by atoms with Crippen LogP contribution in [0.15, 0.2) is 73.1 Å². The first-order valence-electron chi connectivity index (χ1n) is 11.6. The quantitative estimate of drug-likeness (QED) is 0.323. The minimum absolute atomic E-state index is 0.115. The van der Waals surface area contributed by atoms with Crippen molar-refractivity contribution in [1.82, 2.24) is 25.3 Å². The summed E-state index contributed by atoms with van der Waals surface area (Å²) in [7, 11) is 1.56. The number of rotatable bonds is 11. The molecule has 1 unspecified atom stereocenters. The fourth-order valence-corrected chi connectivity index (χ4v) is 3.87. The van der Waals surface area contributed by atoms with Gasteiger partial charge in [0.25, 0.3) is 0 Å². The summed E-state index contributed by atoms with van der Waals surface area (Å²) in [6.45, 7) is 2.94. The van der Waals surface area contributed by atoms with Crippen molar-refractivity contribution in [2.24, 2.45) is 0 Å². The summed E-state index contributed by atoms with van der Waals surface area (Å²) in [5.41, 5.74) is 2.50. The summed E-state index contributed by atoms with van der Waals surface area (Å²) in [6, 6.07) is 17.0. The maximum Gasteiger partial charge on any atom is 0.249 e. The molecule has 36 heavy (non-hydrogen) atoms. The van der Waals surface area contributed by atoms with Gasteiger partial charge in [-0.15, -0.1) is 5.10 Å². The molecule has 0 spiro atoms. The molecule has 2 heterocycles. The summed E-state index contributed by atoms with van der Waals surface area (Å²) < 4.78 is 12.2. The predicted octanol–water partition coefficient (Wildman–Crippen LogP) is 2.76. The van der Waals surface area contributed by atoms with Crippen LogP contribution < -0.4 is 15.0 Å². The number of nitrogens with one attached hydrogen (secondary N) is 1. The van der Waals surface area contributed by atoms with Crippen LogP contribution in [0.3, 0.4) is 0 Å². The Morgan fingerprint density at radius 3 is 2.61 bits per heavy atom. The summed E-state index contributed by atoms with van der Waals surface area (Å²) in [4.78, 5) is 33.0. The van der Waals surface area contributed by atoms with Crippen molar-refractivity contribution in [3.05, 3.63) is 78.6 Å². The highest BCUT2D eigenvalue weighted by Gasteiger charge is 2.33. The standard InChI is InChI=1S/C26H28N6O4/c1-3-36-21-12-10-20(11-13-21)32(24(33)18-31-23-9-5-4-8-22(23)29-30-31)25(19-7-6-14-27-17-19)26(34)28-15-16-35-2/h4-14,17,25H,3,15-16,18H2,1-2H3,(H,28,34). The minimum atomic E-state index is -0.976. The smallest absolute Gasteiger partial charge is 0.249 e. The van der Waals surface area contributed by atoms with Crippen LogP contribution >= 0.6 is 0 Å². The second-order valence-electron chi connectivity index (χ2n) is 7.90. The molecular formula is C26H28N6O4. The van der Waals surface area contributed by atoms with Gasteiger partial charge in [-0.2, -0.15) is 0 Å². The van der Waals surface area contributed by atoms with Crippen LogP contribution in [0.2, 0.25) is 0 Å². The number of pyridine rings is 1. The normalized spacial score (nSPS) is 11.7. The summed E-state index contributed by atoms with van der Waals surface area (Å²) in [6.07, 6.45) is 3.20. The molecule has 0 fully saturated rings. The molecule has 0 aliphatic rings. The Labute approximate surface area is 208 Å². The monoisotopic (exact) mass is 488 g/mol. The number of anilines is 1. The summed E-state index contributed by atoms with van der Waals surface area (Å²) in [5.74, 6) is -0.0327. The molecular weight excluding hydrogens is 460 g/mol. The number of carbonyl (C=O) groups excluding carboxylic acids is 2. The van der Waals surface area contributed by atoms with Crippen molar-refractivity contribution in [3.63, 3.8) is 0 Å². The Kier molecular flexibility index (Phi) is 8.20. The molecule has 0 saturated carbocycles. The zero-order chi connectivity index (χ0) is 25.3. The van der Waals surface area contributed by atoms with Gasteiger partial charge in [-0.3, -0.25) is 19.5 Å². The van der Waals surface area contributed by atoms with E-state index in [2.05, 4.69) is 20.6 Å². The lowest BCUT2D eigenvalue weighted by Crippen LogP contribution is -2.46. The highest BCUT2D eigenvalue weighted by Crippen LogP contribution is 2.30. The number of hydrogen-bond acceptors (Lipinski definition) is 7. The van der Waals surface area contributed by atoms with Crippen LogP contribution in [0.25, 0.3) is 11.0 Å². The van der Waals surface area contributed by atoms with Gasteiger partial charge >= 0.3 is 0 Å². The van der Waals surface area contributed by atoms with Gasteiger partial charge in [-0.1, -0.05) is 23.4 Å². The molecule has 2 aromatic carbocycles. The first-order valence-corrected chi connectivity index (χ1v) is 11.6. The average molecular weight is 489 g/mol. The Balaban J connectivity index is 1.75. The van der Waals surface area contributed by atoms with Gasteiger partial charge < -0.3 is 14.8 Å². The number of hydrogen-bond donors (Lipinski definition) is 1. The van der Waals surface area contributed by atoms with E-state index >= 15 is 0 Å². The largest absolute Gasteiger partial charge is 0.494 e. The molecule has 4 aromatic rings. The minimum Gasteiger partial charge on any atom is -0.494 e. The van der Waals surface area contributed by atoms with E-state index in [1.807, 2.05) is 31.2 Å². The third kappa shape index (κ3) is 5.66. The van der Waals surface area contributed by atoms with E-state index < -0.39 is 6.04 Å². The number of benzene rings is 2. The summed E-state index contributed by atoms with van der Waals surface area (Å²) >= 11 is 0. The van der Waals surface area contributed by atoms with E-state index in [4.69, 9.17) is 9.47 Å². The molecule has 0 bridgehead atoms. The zero-order valence-corrected chi connectivity index (χ0v) is 20.2. The lowest BCUT2D eigenvalue weighted by Gasteiger charge is -2.31. The molecule has 1 N–H and O–H groups in total. The number of nitrogens with zero attached hydrogens (tertiary/aromatic N) is 5. The molecule has 0 radical (unpaired) electrons. The highest BCUT2D eigenvalue weighted by molar-refractivity contribution is 6.01. The van der Waals surface area contributed by atoms with Crippen molar-refractivity contribution in [1.29, 1.82) is 0 Å². The first kappa shape index (κ1) is 24.8. The van der Waals surface area contributed by atoms with E-state index in [1.165, 1.54) is 9.58 Å². The number of carbonyl (C=O) groups is 2. The Morgan fingerprint density at radius 1 is 1.08 bits per heavy atom. The van der Waals surface area contributed by atoms with Gasteiger partial charge in [0.2, 0.25) is 11.8 Å². The third-order valence-electron chi connectivity index (χ3n) is 5.51. The molecule has 0 saturated heterocycles. The van der Waals surface area contributed by atoms with Gasteiger partial charge in [-0.05, 0) is 49.4 Å². The summed E-state index contributed by atoms with van der Waals surface area (Å²) in [5, 5.41) is 11.2. The number of ether oxygens (including phenoxy) is 2. The predicted molar refractivity (Wildman–Crippen MR) is 134 cm³/mol. The van der Waals surface area contributed by atoms with Crippen LogP contribution in [-0.4, -0.2) is 58.7 Å². The Bertz CT molecular complexity index is 1290. The molecule has 10 nitrogen and oxygen atoms in total. The topological polar surface area (TPSA) is 111 Å². The fraction of sp³-hybridized carbons (Fsp3) is 0.269. The maximum absolute atomic E-state index is 13.9. The average Bonchev–Trinajstić information content (AvgIpc) is 3.31. The van der Waals surface area contributed by atoms with Crippen molar-refractivity contribution < 1.29 is 19.1 Å². The number of fused-ring (bicyclic) bond motifs is 1. The molecule has 1 atom stereocenters. The lowest BCUT2D eigenvalue weighted by atomic mass is 10.0. The SMILES string of the molecule is CCOc1ccc(N(C(=O)Cn2nnc3ccccc32)C(C(=O)NCCOC)c2cccnc2)cc1. The third-order valence-corrected chi connectivity index (χ3v) is 5.51. The van der Waals surface area contributed by atoms with Crippen LogP contribution in [0, 0.1) is 0 Å². The Hall–Kier alpha value is -4.31. The van der Waals surface area contributed by atoms with Gasteiger partial charge in [0.1, 0.15) is 23.9 Å². The van der Waals surface area contributed by atoms with Crippen molar-refractivity contribution >= 4 is 28.5 Å². The molecule has 2 amide bonds. The van der Waals surface area contributed by atoms with Crippen LogP contribution in [0.5, 0.6) is 5.75 Å². The van der Waals surface area contributed by atoms with E-state index in [0.29, 0.717) is 42.3 Å². The molecule has 10 heteroatoms. The van der Waals surface area contributed by atoms with Gasteiger partial charge in [0.15, 0.2) is 0 Å². The van der Waals surface area contributed by atoms with Gasteiger partial charge in [0, 0.05) is 37.3 Å². The zero-order valence-electron chi connectivity index (χ0n) is 20.2. The molecule has 2 aromatic heterocycles. The second kappa shape index (κ2) is 11.9. The van der Waals surface area contributed by atoms with Crippen molar-refractivity contribution in [2.75, 3.05) is 31.8 Å². The molecule has 0 aliphatic carbocycles. The number of aromatic nitrogens is 4. The van der Waals surface area contributed by atoms with Gasteiger partial charge in [-0.25, -0.2) is 4.68 Å². The fourth-order valence-electron chi connectivity index (χ4n) is 3.87. The van der Waals surface area contributed by atoms with E-state index in [0.717, 1.165) is 5.52 Å². The van der Waals surface area contributed by atoms with Crippen LogP contribution in [0.4, 0.5) is 5.69 Å². The number of amides is 2. The maximum atomic E-state index is 13.9. The van der Waals surface area contributed by atoms with Crippen LogP contribution in [0.1, 0.15) is 18.5 Å². The van der Waals surface area contributed by atoms with E-state index in [1.54, 1.807) is 55.9 Å².